The van der Waals surface area contributed by atoms with Crippen LogP contribution in [-0.2, 0) is 0 Å². The molecule has 0 fully saturated rings. The van der Waals surface area contributed by atoms with Crippen molar-refractivity contribution in [3.63, 3.8) is 0 Å². The van der Waals surface area contributed by atoms with Gasteiger partial charge >= 0.3 is 0 Å². The molecule has 9 heteroatoms. The maximum atomic E-state index is 11.1. The molecule has 0 aliphatic rings. The van der Waals surface area contributed by atoms with Crippen molar-refractivity contribution in [3.05, 3.63) is 65.6 Å². The van der Waals surface area contributed by atoms with E-state index in [1.807, 2.05) is 0 Å². The molecular formula is C12H4Cl3N2O4. The highest BCUT2D eigenvalue weighted by Gasteiger charge is 2.28. The van der Waals surface area contributed by atoms with Crippen molar-refractivity contribution in [1.82, 2.24) is 0 Å². The number of benzene rings is 2. The predicted octanol–water partition coefficient (Wildman–Crippen LogP) is 4.93. The highest BCUT2D eigenvalue weighted by atomic mass is 35.5. The van der Waals surface area contributed by atoms with E-state index in [0.29, 0.717) is 0 Å². The molecule has 0 saturated carbocycles. The highest BCUT2D eigenvalue weighted by molar-refractivity contribution is 6.49. The van der Waals surface area contributed by atoms with E-state index < -0.39 is 21.2 Å². The fourth-order valence-electron chi connectivity index (χ4n) is 1.76. The van der Waals surface area contributed by atoms with Gasteiger partial charge in [0.25, 0.3) is 11.4 Å². The summed E-state index contributed by atoms with van der Waals surface area (Å²) in [5.41, 5.74) is -1.26. The van der Waals surface area contributed by atoms with Crippen molar-refractivity contribution >= 4 is 46.2 Å². The number of hydrogen-bond donors (Lipinski definition) is 0. The fraction of sp³-hybridized carbons (Fsp3) is 0. The molecule has 0 atom stereocenters. The standard InChI is InChI=1S/C12H4Cl3N2O4/c13-7-5-4-6(11(14)12(7)15)10-8(16(18)19)2-1-3-9(10)17(20)21/h1-2,4-5H. The number of nitro benzene ring substituents is 2. The first-order chi connectivity index (χ1) is 9.84. The van der Waals surface area contributed by atoms with Crippen molar-refractivity contribution < 1.29 is 9.85 Å². The molecule has 21 heavy (non-hydrogen) atoms. The second-order valence-electron chi connectivity index (χ2n) is 3.82. The number of nitrogens with zero attached hydrogens (tertiary/aromatic N) is 2. The molecule has 6 nitrogen and oxygen atoms in total. The van der Waals surface area contributed by atoms with Gasteiger partial charge in [0.2, 0.25) is 0 Å². The summed E-state index contributed by atoms with van der Waals surface area (Å²) >= 11 is 17.7. The second-order valence-corrected chi connectivity index (χ2v) is 4.99. The first-order valence-electron chi connectivity index (χ1n) is 5.32. The lowest BCUT2D eigenvalue weighted by Crippen LogP contribution is -1.98. The van der Waals surface area contributed by atoms with Gasteiger partial charge in [0.15, 0.2) is 0 Å². The summed E-state index contributed by atoms with van der Waals surface area (Å²) in [5.74, 6) is 0. The zero-order valence-electron chi connectivity index (χ0n) is 9.97. The summed E-state index contributed by atoms with van der Waals surface area (Å²) in [7, 11) is 0. The molecule has 0 aromatic heterocycles. The molecule has 0 N–H and O–H groups in total. The molecule has 2 aromatic rings. The van der Waals surface area contributed by atoms with Crippen LogP contribution in [-0.4, -0.2) is 9.85 Å². The van der Waals surface area contributed by atoms with E-state index in [1.54, 1.807) is 0 Å². The van der Waals surface area contributed by atoms with Crippen molar-refractivity contribution in [2.24, 2.45) is 0 Å². The van der Waals surface area contributed by atoms with Crippen molar-refractivity contribution in [3.8, 4) is 11.1 Å². The quantitative estimate of drug-likeness (QED) is 0.448. The van der Waals surface area contributed by atoms with Crippen molar-refractivity contribution in [2.75, 3.05) is 0 Å². The largest absolute Gasteiger partial charge is 0.292 e. The van der Waals surface area contributed by atoms with Crippen LogP contribution in [0.5, 0.6) is 0 Å². The van der Waals surface area contributed by atoms with Crippen LogP contribution in [0.1, 0.15) is 0 Å². The molecule has 0 unspecified atom stereocenters. The van der Waals surface area contributed by atoms with Crippen LogP contribution in [0.3, 0.4) is 0 Å². The minimum atomic E-state index is -0.777. The van der Waals surface area contributed by atoms with Gasteiger partial charge in [0.05, 0.1) is 31.0 Å². The lowest BCUT2D eigenvalue weighted by Gasteiger charge is -2.08. The average molecular weight is 347 g/mol. The Kier molecular flexibility index (Phi) is 4.32. The predicted molar refractivity (Wildman–Crippen MR) is 79.1 cm³/mol. The molecular weight excluding hydrogens is 343 g/mol. The molecule has 107 valence electrons. The van der Waals surface area contributed by atoms with E-state index in [4.69, 9.17) is 34.8 Å². The molecule has 0 spiro atoms. The zero-order valence-corrected chi connectivity index (χ0v) is 12.2. The lowest BCUT2D eigenvalue weighted by molar-refractivity contribution is -0.392. The van der Waals surface area contributed by atoms with E-state index in [0.717, 1.165) is 12.1 Å². The van der Waals surface area contributed by atoms with Crippen LogP contribution in [0.4, 0.5) is 11.4 Å². The van der Waals surface area contributed by atoms with E-state index in [2.05, 4.69) is 6.07 Å². The van der Waals surface area contributed by atoms with Gasteiger partial charge in [-0.15, -0.1) is 0 Å². The number of halogens is 3. The van der Waals surface area contributed by atoms with E-state index in [1.165, 1.54) is 12.1 Å². The van der Waals surface area contributed by atoms with E-state index in [9.17, 15) is 20.2 Å². The maximum absolute atomic E-state index is 11.1. The van der Waals surface area contributed by atoms with Crippen LogP contribution in [0.2, 0.25) is 15.1 Å². The Balaban J connectivity index is 2.88. The van der Waals surface area contributed by atoms with Crippen LogP contribution >= 0.6 is 34.8 Å². The molecule has 0 heterocycles. The Hall–Kier alpha value is -1.89. The Bertz CT molecular complexity index is 732. The number of hydrogen-bond acceptors (Lipinski definition) is 4. The first-order valence-corrected chi connectivity index (χ1v) is 6.45. The third-order valence-corrected chi connectivity index (χ3v) is 3.93. The number of rotatable bonds is 3. The van der Waals surface area contributed by atoms with Gasteiger partial charge in [-0.05, 0) is 12.1 Å². The summed E-state index contributed by atoms with van der Waals surface area (Å²) in [6.07, 6.45) is 0. The molecule has 0 saturated heterocycles. The molecule has 1 radical (unpaired) electrons. The summed E-state index contributed by atoms with van der Waals surface area (Å²) in [6, 6.07) is 7.24. The topological polar surface area (TPSA) is 86.3 Å². The summed E-state index contributed by atoms with van der Waals surface area (Å²) in [4.78, 5) is 20.7. The van der Waals surface area contributed by atoms with Gasteiger partial charge in [-0.25, -0.2) is 0 Å². The monoisotopic (exact) mass is 345 g/mol. The second kappa shape index (κ2) is 5.85. The van der Waals surface area contributed by atoms with Crippen LogP contribution in [0.15, 0.2) is 24.3 Å². The minimum absolute atomic E-state index is 0.0386. The molecule has 2 aromatic carbocycles. The Labute approximate surface area is 133 Å². The van der Waals surface area contributed by atoms with Crippen LogP contribution in [0, 0.1) is 26.3 Å². The fourth-order valence-corrected chi connectivity index (χ4v) is 2.39. The Morgan fingerprint density at radius 1 is 0.952 bits per heavy atom. The third-order valence-electron chi connectivity index (χ3n) is 2.64. The van der Waals surface area contributed by atoms with Gasteiger partial charge in [-0.1, -0.05) is 40.9 Å². The van der Waals surface area contributed by atoms with Gasteiger partial charge in [0.1, 0.15) is 5.56 Å². The molecule has 0 aliphatic heterocycles. The Morgan fingerprint density at radius 2 is 1.62 bits per heavy atom. The number of nitro groups is 2. The highest BCUT2D eigenvalue weighted by Crippen LogP contribution is 2.44. The summed E-state index contributed by atoms with van der Waals surface area (Å²) in [6.45, 7) is 0. The summed E-state index contributed by atoms with van der Waals surface area (Å²) in [5, 5.41) is 22.2. The van der Waals surface area contributed by atoms with Gasteiger partial charge in [0, 0.05) is 11.6 Å². The Morgan fingerprint density at radius 3 is 2.19 bits per heavy atom. The maximum Gasteiger partial charge on any atom is 0.292 e. The molecule has 0 amide bonds. The van der Waals surface area contributed by atoms with Gasteiger partial charge in [-0.2, -0.15) is 0 Å². The lowest BCUT2D eigenvalue weighted by atomic mass is 10.0. The van der Waals surface area contributed by atoms with Crippen LogP contribution in [0.25, 0.3) is 11.1 Å². The SMILES string of the molecule is O=[N+]([O-])c1[c]ccc([N+](=O)[O-])c1-c1ccc(Cl)c(Cl)c1Cl. The zero-order chi connectivity index (χ0) is 15.7. The van der Waals surface area contributed by atoms with Gasteiger partial charge in [-0.3, -0.25) is 20.2 Å². The molecule has 0 bridgehead atoms. The van der Waals surface area contributed by atoms with E-state index >= 15 is 0 Å². The molecule has 0 aliphatic carbocycles. The average Bonchev–Trinajstić information content (AvgIpc) is 2.44. The summed E-state index contributed by atoms with van der Waals surface area (Å²) < 4.78 is 0. The van der Waals surface area contributed by atoms with Crippen LogP contribution < -0.4 is 0 Å². The minimum Gasteiger partial charge on any atom is -0.258 e. The van der Waals surface area contributed by atoms with Crippen molar-refractivity contribution in [2.45, 2.75) is 0 Å². The van der Waals surface area contributed by atoms with E-state index in [-0.39, 0.29) is 26.2 Å². The molecule has 2 rings (SSSR count). The van der Waals surface area contributed by atoms with Crippen molar-refractivity contribution in [1.29, 1.82) is 0 Å². The first kappa shape index (κ1) is 15.5. The normalized spacial score (nSPS) is 10.4. The van der Waals surface area contributed by atoms with Gasteiger partial charge < -0.3 is 0 Å². The smallest absolute Gasteiger partial charge is 0.258 e. The third kappa shape index (κ3) is 2.78.